The monoisotopic (exact) mass is 254 g/mol. The molecule has 4 nitrogen and oxygen atoms in total. The Balaban J connectivity index is 2.43. The fourth-order valence-corrected chi connectivity index (χ4v) is 1.41. The lowest BCUT2D eigenvalue weighted by atomic mass is 9.92. The van der Waals surface area contributed by atoms with Crippen molar-refractivity contribution < 1.29 is 0 Å². The normalized spacial score (nSPS) is 11.3. The maximum atomic E-state index is 4.19. The molecule has 0 spiro atoms. The molecule has 0 amide bonds. The van der Waals surface area contributed by atoms with Crippen molar-refractivity contribution in [3.05, 3.63) is 12.4 Å². The van der Waals surface area contributed by atoms with Crippen LogP contribution in [0.25, 0.3) is 0 Å². The van der Waals surface area contributed by atoms with Crippen molar-refractivity contribution in [2.24, 2.45) is 5.41 Å². The third-order valence-electron chi connectivity index (χ3n) is 2.27. The summed E-state index contributed by atoms with van der Waals surface area (Å²) in [5.41, 5.74) is 0.340. The number of thiol groups is 1. The molecule has 0 fully saturated rings. The summed E-state index contributed by atoms with van der Waals surface area (Å²) in [6.07, 6.45) is 2.68. The minimum Gasteiger partial charge on any atom is -0.370 e. The van der Waals surface area contributed by atoms with E-state index in [2.05, 4.69) is 54.0 Å². The quantitative estimate of drug-likeness (QED) is 0.683. The predicted molar refractivity (Wildman–Crippen MR) is 76.9 cm³/mol. The Morgan fingerprint density at radius 1 is 1.12 bits per heavy atom. The summed E-state index contributed by atoms with van der Waals surface area (Å²) in [6.45, 7) is 8.42. The van der Waals surface area contributed by atoms with Crippen molar-refractivity contribution in [3.63, 3.8) is 0 Å². The summed E-state index contributed by atoms with van der Waals surface area (Å²) in [5, 5.41) is 6.48. The van der Waals surface area contributed by atoms with Gasteiger partial charge in [0.25, 0.3) is 0 Å². The van der Waals surface area contributed by atoms with Gasteiger partial charge in [0.2, 0.25) is 0 Å². The van der Waals surface area contributed by atoms with Crippen LogP contribution >= 0.6 is 12.6 Å². The lowest BCUT2D eigenvalue weighted by Crippen LogP contribution is -2.14. The Morgan fingerprint density at radius 2 is 1.71 bits per heavy atom. The van der Waals surface area contributed by atoms with Crippen LogP contribution in [0.3, 0.4) is 0 Å². The molecule has 2 N–H and O–H groups in total. The highest BCUT2D eigenvalue weighted by molar-refractivity contribution is 7.80. The number of hydrogen-bond donors (Lipinski definition) is 3. The molecule has 0 aliphatic heterocycles. The van der Waals surface area contributed by atoms with Gasteiger partial charge in [-0.1, -0.05) is 20.8 Å². The van der Waals surface area contributed by atoms with E-state index in [-0.39, 0.29) is 0 Å². The Kier molecular flexibility index (Phi) is 5.55. The Labute approximate surface area is 109 Å². The van der Waals surface area contributed by atoms with E-state index in [1.807, 2.05) is 6.07 Å². The molecule has 1 aromatic rings. The van der Waals surface area contributed by atoms with Gasteiger partial charge in [0.05, 0.1) is 0 Å². The van der Waals surface area contributed by atoms with Gasteiger partial charge >= 0.3 is 0 Å². The smallest absolute Gasteiger partial charge is 0.131 e. The fourth-order valence-electron chi connectivity index (χ4n) is 1.30. The van der Waals surface area contributed by atoms with Gasteiger partial charge in [-0.15, -0.1) is 0 Å². The number of aromatic nitrogens is 2. The van der Waals surface area contributed by atoms with Gasteiger partial charge in [0, 0.05) is 24.9 Å². The highest BCUT2D eigenvalue weighted by Gasteiger charge is 2.09. The summed E-state index contributed by atoms with van der Waals surface area (Å²) in [7, 11) is 0. The van der Waals surface area contributed by atoms with E-state index in [0.29, 0.717) is 5.41 Å². The van der Waals surface area contributed by atoms with Crippen LogP contribution in [0.5, 0.6) is 0 Å². The first-order valence-corrected chi connectivity index (χ1v) is 6.55. The second kappa shape index (κ2) is 6.69. The van der Waals surface area contributed by atoms with Crippen molar-refractivity contribution in [2.45, 2.75) is 27.2 Å². The maximum absolute atomic E-state index is 4.19. The summed E-state index contributed by atoms with van der Waals surface area (Å²) in [6, 6.07) is 1.92. The second-order valence-electron chi connectivity index (χ2n) is 5.18. The molecule has 0 unspecified atom stereocenters. The van der Waals surface area contributed by atoms with Crippen LogP contribution < -0.4 is 10.6 Å². The van der Waals surface area contributed by atoms with Crippen molar-refractivity contribution in [2.75, 3.05) is 29.5 Å². The summed E-state index contributed by atoms with van der Waals surface area (Å²) >= 11 is 4.14. The summed E-state index contributed by atoms with van der Waals surface area (Å²) in [4.78, 5) is 8.32. The van der Waals surface area contributed by atoms with Crippen LogP contribution in [0.4, 0.5) is 11.6 Å². The molecule has 0 aliphatic carbocycles. The lowest BCUT2D eigenvalue weighted by Gasteiger charge is -2.18. The Bertz CT molecular complexity index is 336. The van der Waals surface area contributed by atoms with Gasteiger partial charge in [-0.05, 0) is 11.8 Å². The molecule has 1 rings (SSSR count). The average Bonchev–Trinajstić information content (AvgIpc) is 2.25. The van der Waals surface area contributed by atoms with E-state index in [9.17, 15) is 0 Å². The third kappa shape index (κ3) is 6.36. The van der Waals surface area contributed by atoms with Gasteiger partial charge in [0.15, 0.2) is 0 Å². The molecular weight excluding hydrogens is 232 g/mol. The highest BCUT2D eigenvalue weighted by atomic mass is 32.1. The lowest BCUT2D eigenvalue weighted by molar-refractivity contribution is 0.389. The number of nitrogens with one attached hydrogen (secondary N) is 2. The number of nitrogens with zero attached hydrogens (tertiary/aromatic N) is 2. The molecule has 0 radical (unpaired) electrons. The molecule has 1 heterocycles. The van der Waals surface area contributed by atoms with Gasteiger partial charge in [-0.2, -0.15) is 12.6 Å². The number of anilines is 2. The Hall–Kier alpha value is -0.970. The topological polar surface area (TPSA) is 49.8 Å². The molecule has 0 aromatic carbocycles. The molecule has 96 valence electrons. The molecule has 0 aliphatic rings. The summed E-state index contributed by atoms with van der Waals surface area (Å²) < 4.78 is 0. The first-order valence-electron chi connectivity index (χ1n) is 5.92. The van der Waals surface area contributed by atoms with E-state index < -0.39 is 0 Å². The van der Waals surface area contributed by atoms with E-state index in [1.54, 1.807) is 6.33 Å². The second-order valence-corrected chi connectivity index (χ2v) is 5.62. The predicted octanol–water partition coefficient (Wildman–Crippen LogP) is 2.67. The SMILES string of the molecule is CC(C)(C)CCNc1cc(NCCS)ncn1. The van der Waals surface area contributed by atoms with Crippen LogP contribution in [-0.2, 0) is 0 Å². The minimum atomic E-state index is 0.340. The molecule has 0 saturated carbocycles. The van der Waals surface area contributed by atoms with Crippen LogP contribution in [0.15, 0.2) is 12.4 Å². The first-order chi connectivity index (χ1) is 8.01. The molecule has 1 aromatic heterocycles. The first kappa shape index (κ1) is 14.1. The van der Waals surface area contributed by atoms with E-state index >= 15 is 0 Å². The van der Waals surface area contributed by atoms with Crippen molar-refractivity contribution in [1.82, 2.24) is 9.97 Å². The minimum absolute atomic E-state index is 0.340. The van der Waals surface area contributed by atoms with Crippen LogP contribution in [-0.4, -0.2) is 28.8 Å². The molecule has 0 saturated heterocycles. The molecular formula is C12H22N4S. The number of hydrogen-bond acceptors (Lipinski definition) is 5. The van der Waals surface area contributed by atoms with Gasteiger partial charge < -0.3 is 10.6 Å². The number of rotatable bonds is 6. The van der Waals surface area contributed by atoms with E-state index in [1.165, 1.54) is 0 Å². The maximum Gasteiger partial charge on any atom is 0.131 e. The zero-order valence-corrected chi connectivity index (χ0v) is 11.7. The van der Waals surface area contributed by atoms with Crippen LogP contribution in [0, 0.1) is 5.41 Å². The Morgan fingerprint density at radius 3 is 2.24 bits per heavy atom. The van der Waals surface area contributed by atoms with Crippen LogP contribution in [0.2, 0.25) is 0 Å². The third-order valence-corrected chi connectivity index (χ3v) is 2.49. The largest absolute Gasteiger partial charge is 0.370 e. The van der Waals surface area contributed by atoms with E-state index in [4.69, 9.17) is 0 Å². The highest BCUT2D eigenvalue weighted by Crippen LogP contribution is 2.18. The van der Waals surface area contributed by atoms with Crippen molar-refractivity contribution in [3.8, 4) is 0 Å². The zero-order valence-electron chi connectivity index (χ0n) is 10.8. The van der Waals surface area contributed by atoms with Gasteiger partial charge in [-0.25, -0.2) is 9.97 Å². The molecule has 0 bridgehead atoms. The standard InChI is InChI=1S/C12H22N4S/c1-12(2,3)4-5-13-10-8-11(14-6-7-17)16-9-15-10/h8-9,17H,4-7H2,1-3H3,(H2,13,14,15,16). The van der Waals surface area contributed by atoms with Crippen molar-refractivity contribution >= 4 is 24.3 Å². The van der Waals surface area contributed by atoms with Gasteiger partial charge in [0.1, 0.15) is 18.0 Å². The van der Waals surface area contributed by atoms with Crippen LogP contribution in [0.1, 0.15) is 27.2 Å². The molecule has 0 atom stereocenters. The zero-order chi connectivity index (χ0) is 12.7. The molecule has 17 heavy (non-hydrogen) atoms. The van der Waals surface area contributed by atoms with Gasteiger partial charge in [-0.3, -0.25) is 0 Å². The fraction of sp³-hybridized carbons (Fsp3) is 0.667. The average molecular weight is 254 g/mol. The summed E-state index contributed by atoms with van der Waals surface area (Å²) in [5.74, 6) is 2.50. The molecule has 5 heteroatoms. The van der Waals surface area contributed by atoms with Crippen molar-refractivity contribution in [1.29, 1.82) is 0 Å². The van der Waals surface area contributed by atoms with E-state index in [0.717, 1.165) is 36.9 Å².